The molecule has 0 aliphatic heterocycles. The van der Waals surface area contributed by atoms with Crippen LogP contribution in [0.2, 0.25) is 0 Å². The van der Waals surface area contributed by atoms with Crippen LogP contribution in [0.1, 0.15) is 10.6 Å². The number of para-hydroxylation sites is 1. The largest absolute Gasteiger partial charge is 0.497 e. The van der Waals surface area contributed by atoms with Crippen LogP contribution in [0.15, 0.2) is 52.9 Å². The monoisotopic (exact) mass is 355 g/mol. The Labute approximate surface area is 149 Å². The molecule has 1 heterocycles. The van der Waals surface area contributed by atoms with Crippen molar-refractivity contribution in [1.29, 1.82) is 0 Å². The van der Waals surface area contributed by atoms with Crippen LogP contribution < -0.4 is 14.8 Å². The Balaban J connectivity index is 1.61. The minimum absolute atomic E-state index is 0.0426. The van der Waals surface area contributed by atoms with E-state index in [-0.39, 0.29) is 5.76 Å². The molecule has 0 atom stereocenters. The van der Waals surface area contributed by atoms with Gasteiger partial charge in [0.25, 0.3) is 5.91 Å². The summed E-state index contributed by atoms with van der Waals surface area (Å²) in [5.74, 6) is -0.144. The highest BCUT2D eigenvalue weighted by Crippen LogP contribution is 2.29. The number of fused-ring (bicyclic) bond motifs is 1. The highest BCUT2D eigenvalue weighted by molar-refractivity contribution is 5.97. The molecule has 7 heteroatoms. The second-order valence-corrected chi connectivity index (χ2v) is 5.34. The number of carbonyl (C=O) groups is 2. The maximum Gasteiger partial charge on any atom is 0.374 e. The third kappa shape index (κ3) is 3.77. The molecule has 0 aliphatic carbocycles. The van der Waals surface area contributed by atoms with Gasteiger partial charge in [0, 0.05) is 11.5 Å². The molecule has 1 amide bonds. The van der Waals surface area contributed by atoms with E-state index in [1.807, 2.05) is 12.1 Å². The van der Waals surface area contributed by atoms with Gasteiger partial charge in [0.05, 0.1) is 19.9 Å². The zero-order valence-electron chi connectivity index (χ0n) is 14.3. The standard InChI is InChI=1S/C19H17NO6/c1-23-13-7-8-14(16(10-13)24-2)20-18(21)11-25-19(22)17-9-12-5-3-4-6-15(12)26-17/h3-10H,11H2,1-2H3,(H,20,21). The van der Waals surface area contributed by atoms with Crippen molar-refractivity contribution in [3.8, 4) is 11.5 Å². The lowest BCUT2D eigenvalue weighted by Crippen LogP contribution is -2.21. The van der Waals surface area contributed by atoms with E-state index in [0.717, 1.165) is 5.39 Å². The first-order chi connectivity index (χ1) is 12.6. The van der Waals surface area contributed by atoms with Gasteiger partial charge >= 0.3 is 5.97 Å². The normalized spacial score (nSPS) is 10.4. The van der Waals surface area contributed by atoms with Crippen molar-refractivity contribution >= 4 is 28.5 Å². The summed E-state index contributed by atoms with van der Waals surface area (Å²) in [4.78, 5) is 24.1. The van der Waals surface area contributed by atoms with Gasteiger partial charge in [0.1, 0.15) is 17.1 Å². The maximum absolute atomic E-state index is 12.0. The van der Waals surface area contributed by atoms with Crippen LogP contribution in [0, 0.1) is 0 Å². The molecule has 0 spiro atoms. The molecule has 26 heavy (non-hydrogen) atoms. The number of hydrogen-bond donors (Lipinski definition) is 1. The molecule has 0 saturated carbocycles. The zero-order chi connectivity index (χ0) is 18.5. The summed E-state index contributed by atoms with van der Waals surface area (Å²) in [7, 11) is 3.01. The molecule has 3 aromatic rings. The molecular weight excluding hydrogens is 338 g/mol. The quantitative estimate of drug-likeness (QED) is 0.683. The molecule has 2 aromatic carbocycles. The fourth-order valence-corrected chi connectivity index (χ4v) is 2.37. The first kappa shape index (κ1) is 17.3. The number of methoxy groups -OCH3 is 2. The lowest BCUT2D eigenvalue weighted by molar-refractivity contribution is -0.119. The van der Waals surface area contributed by atoms with E-state index in [1.54, 1.807) is 36.4 Å². The SMILES string of the molecule is COc1ccc(NC(=O)COC(=O)c2cc3ccccc3o2)c(OC)c1. The van der Waals surface area contributed by atoms with Gasteiger partial charge < -0.3 is 23.9 Å². The Kier molecular flexibility index (Phi) is 5.07. The third-order valence-corrected chi connectivity index (χ3v) is 3.64. The van der Waals surface area contributed by atoms with E-state index in [2.05, 4.69) is 5.32 Å². The Morgan fingerprint density at radius 3 is 2.58 bits per heavy atom. The van der Waals surface area contributed by atoms with Crippen molar-refractivity contribution in [2.24, 2.45) is 0 Å². The first-order valence-electron chi connectivity index (χ1n) is 7.78. The number of benzene rings is 2. The first-order valence-corrected chi connectivity index (χ1v) is 7.78. The number of furan rings is 1. The molecule has 0 bridgehead atoms. The molecule has 134 valence electrons. The summed E-state index contributed by atoms with van der Waals surface area (Å²) in [6.45, 7) is -0.453. The smallest absolute Gasteiger partial charge is 0.374 e. The van der Waals surface area contributed by atoms with Crippen molar-refractivity contribution < 1.29 is 28.2 Å². The summed E-state index contributed by atoms with van der Waals surface area (Å²) in [6.07, 6.45) is 0. The summed E-state index contributed by atoms with van der Waals surface area (Å²) in [6, 6.07) is 13.7. The van der Waals surface area contributed by atoms with Crippen LogP contribution in [0.25, 0.3) is 11.0 Å². The number of anilines is 1. The molecule has 0 unspecified atom stereocenters. The number of amides is 1. The van der Waals surface area contributed by atoms with Crippen LogP contribution >= 0.6 is 0 Å². The molecule has 0 fully saturated rings. The zero-order valence-corrected chi connectivity index (χ0v) is 14.3. The molecule has 1 N–H and O–H groups in total. The Morgan fingerprint density at radius 1 is 1.04 bits per heavy atom. The minimum atomic E-state index is -0.710. The topological polar surface area (TPSA) is 87.0 Å². The van der Waals surface area contributed by atoms with Gasteiger partial charge in [-0.25, -0.2) is 4.79 Å². The molecule has 1 aromatic heterocycles. The average molecular weight is 355 g/mol. The van der Waals surface area contributed by atoms with E-state index < -0.39 is 18.5 Å². The lowest BCUT2D eigenvalue weighted by atomic mass is 10.2. The summed E-state index contributed by atoms with van der Waals surface area (Å²) in [5, 5.41) is 3.40. The van der Waals surface area contributed by atoms with Crippen LogP contribution in [0.3, 0.4) is 0 Å². The van der Waals surface area contributed by atoms with Crippen LogP contribution in [-0.4, -0.2) is 32.7 Å². The van der Waals surface area contributed by atoms with E-state index in [0.29, 0.717) is 22.8 Å². The van der Waals surface area contributed by atoms with Crippen molar-refractivity contribution in [1.82, 2.24) is 0 Å². The van der Waals surface area contributed by atoms with Gasteiger partial charge in [0.2, 0.25) is 5.76 Å². The summed E-state index contributed by atoms with van der Waals surface area (Å²) >= 11 is 0. The van der Waals surface area contributed by atoms with Crippen LogP contribution in [-0.2, 0) is 9.53 Å². The number of hydrogen-bond acceptors (Lipinski definition) is 6. The Hall–Kier alpha value is -3.48. The lowest BCUT2D eigenvalue weighted by Gasteiger charge is -2.11. The van der Waals surface area contributed by atoms with Crippen LogP contribution in [0.4, 0.5) is 5.69 Å². The molecule has 0 aliphatic rings. The second kappa shape index (κ2) is 7.60. The van der Waals surface area contributed by atoms with Crippen molar-refractivity contribution in [2.75, 3.05) is 26.1 Å². The van der Waals surface area contributed by atoms with Gasteiger partial charge in [-0.2, -0.15) is 0 Å². The number of esters is 1. The molecule has 7 nitrogen and oxygen atoms in total. The van der Waals surface area contributed by atoms with Gasteiger partial charge in [0.15, 0.2) is 6.61 Å². The van der Waals surface area contributed by atoms with Gasteiger partial charge in [-0.05, 0) is 24.3 Å². The molecular formula is C19H17NO6. The number of carbonyl (C=O) groups excluding carboxylic acids is 2. The highest BCUT2D eigenvalue weighted by Gasteiger charge is 2.16. The van der Waals surface area contributed by atoms with Crippen LogP contribution in [0.5, 0.6) is 11.5 Å². The van der Waals surface area contributed by atoms with Gasteiger partial charge in [-0.15, -0.1) is 0 Å². The van der Waals surface area contributed by atoms with E-state index in [1.165, 1.54) is 14.2 Å². The van der Waals surface area contributed by atoms with Gasteiger partial charge in [-0.3, -0.25) is 4.79 Å². The predicted molar refractivity (Wildman–Crippen MR) is 94.7 cm³/mol. The second-order valence-electron chi connectivity index (χ2n) is 5.34. The molecule has 0 saturated heterocycles. The number of ether oxygens (including phenoxy) is 3. The fourth-order valence-electron chi connectivity index (χ4n) is 2.37. The maximum atomic E-state index is 12.0. The fraction of sp³-hybridized carbons (Fsp3) is 0.158. The number of nitrogens with one attached hydrogen (secondary N) is 1. The van der Waals surface area contributed by atoms with Crippen molar-refractivity contribution in [3.63, 3.8) is 0 Å². The van der Waals surface area contributed by atoms with Gasteiger partial charge in [-0.1, -0.05) is 18.2 Å². The Morgan fingerprint density at radius 2 is 1.85 bits per heavy atom. The number of rotatable bonds is 6. The molecule has 0 radical (unpaired) electrons. The predicted octanol–water partition coefficient (Wildman–Crippen LogP) is 3.25. The van der Waals surface area contributed by atoms with E-state index in [9.17, 15) is 9.59 Å². The van der Waals surface area contributed by atoms with Crippen molar-refractivity contribution in [2.45, 2.75) is 0 Å². The minimum Gasteiger partial charge on any atom is -0.497 e. The van der Waals surface area contributed by atoms with E-state index >= 15 is 0 Å². The molecule has 3 rings (SSSR count). The summed E-state index contributed by atoms with van der Waals surface area (Å²) in [5.41, 5.74) is 1.02. The average Bonchev–Trinajstić information content (AvgIpc) is 3.10. The Bertz CT molecular complexity index is 913. The van der Waals surface area contributed by atoms with E-state index in [4.69, 9.17) is 18.6 Å². The summed E-state index contributed by atoms with van der Waals surface area (Å²) < 4.78 is 20.7. The highest BCUT2D eigenvalue weighted by atomic mass is 16.5. The van der Waals surface area contributed by atoms with Crippen molar-refractivity contribution in [3.05, 3.63) is 54.3 Å². The third-order valence-electron chi connectivity index (χ3n) is 3.64.